The predicted molar refractivity (Wildman–Crippen MR) is 119 cm³/mol. The van der Waals surface area contributed by atoms with Gasteiger partial charge in [0.1, 0.15) is 5.02 Å². The van der Waals surface area contributed by atoms with Crippen molar-refractivity contribution in [2.45, 2.75) is 30.6 Å². The maximum atomic E-state index is 12.9. The maximum absolute atomic E-state index is 12.9. The lowest BCUT2D eigenvalue weighted by atomic mass is 10.2. The second-order valence-corrected chi connectivity index (χ2v) is 9.48. The number of carbonyl (C=O) groups is 1. The van der Waals surface area contributed by atoms with Crippen LogP contribution in [0.1, 0.15) is 31.2 Å². The third-order valence-electron chi connectivity index (χ3n) is 4.90. The van der Waals surface area contributed by atoms with Crippen molar-refractivity contribution in [2.75, 3.05) is 18.4 Å². The summed E-state index contributed by atoms with van der Waals surface area (Å²) < 4.78 is 27.4. The summed E-state index contributed by atoms with van der Waals surface area (Å²) in [6.07, 6.45) is 6.34. The number of rotatable bonds is 6. The highest BCUT2D eigenvalue weighted by atomic mass is 35.5. The Labute approximate surface area is 185 Å². The Kier molecular flexibility index (Phi) is 7.42. The molecule has 31 heavy (non-hydrogen) atoms. The van der Waals surface area contributed by atoms with E-state index >= 15 is 0 Å². The average Bonchev–Trinajstić information content (AvgIpc) is 3.03. The third kappa shape index (κ3) is 5.90. The molecule has 0 bridgehead atoms. The zero-order chi connectivity index (χ0) is 22.4. The Bertz CT molecular complexity index is 1110. The molecule has 3 rings (SSSR count). The number of halogens is 1. The lowest BCUT2D eigenvalue weighted by molar-refractivity contribution is -0.384. The smallest absolute Gasteiger partial charge is 0.288 e. The van der Waals surface area contributed by atoms with Gasteiger partial charge in [0.25, 0.3) is 5.69 Å². The minimum atomic E-state index is -3.63. The van der Waals surface area contributed by atoms with Crippen LogP contribution in [0.5, 0.6) is 0 Å². The first-order valence-electron chi connectivity index (χ1n) is 9.80. The van der Waals surface area contributed by atoms with Crippen molar-refractivity contribution < 1.29 is 18.1 Å². The first-order valence-corrected chi connectivity index (χ1v) is 11.6. The van der Waals surface area contributed by atoms with Gasteiger partial charge < -0.3 is 5.32 Å². The summed E-state index contributed by atoms with van der Waals surface area (Å²) in [7, 11) is -3.63. The number of nitrogens with zero attached hydrogens (tertiary/aromatic N) is 2. The van der Waals surface area contributed by atoms with Gasteiger partial charge in [-0.2, -0.15) is 4.31 Å². The molecule has 2 aromatic carbocycles. The molecule has 0 atom stereocenters. The van der Waals surface area contributed by atoms with E-state index in [0.29, 0.717) is 24.3 Å². The fourth-order valence-electron chi connectivity index (χ4n) is 3.29. The van der Waals surface area contributed by atoms with E-state index in [-0.39, 0.29) is 15.6 Å². The second-order valence-electron chi connectivity index (χ2n) is 7.14. The number of nitro groups is 1. The Morgan fingerprint density at radius 2 is 1.81 bits per heavy atom. The summed E-state index contributed by atoms with van der Waals surface area (Å²) in [4.78, 5) is 22.8. The number of nitrogens with one attached hydrogen (secondary N) is 1. The van der Waals surface area contributed by atoms with Gasteiger partial charge in [0, 0.05) is 30.9 Å². The van der Waals surface area contributed by atoms with E-state index in [1.54, 1.807) is 18.2 Å². The van der Waals surface area contributed by atoms with Gasteiger partial charge in [0.2, 0.25) is 15.9 Å². The number of hydrogen-bond donors (Lipinski definition) is 1. The van der Waals surface area contributed by atoms with E-state index in [9.17, 15) is 23.3 Å². The quantitative estimate of drug-likeness (QED) is 0.386. The van der Waals surface area contributed by atoms with Crippen LogP contribution in [0.15, 0.2) is 53.4 Å². The van der Waals surface area contributed by atoms with Crippen molar-refractivity contribution in [3.63, 3.8) is 0 Å². The molecule has 1 amide bonds. The summed E-state index contributed by atoms with van der Waals surface area (Å²) in [5, 5.41) is 13.6. The van der Waals surface area contributed by atoms with Crippen LogP contribution in [0.25, 0.3) is 6.08 Å². The zero-order valence-electron chi connectivity index (χ0n) is 16.7. The average molecular weight is 464 g/mol. The number of carbonyl (C=O) groups excluding carboxylic acids is 1. The normalized spacial score (nSPS) is 15.5. The fraction of sp³-hybridized carbons (Fsp3) is 0.286. The largest absolute Gasteiger partial charge is 0.322 e. The van der Waals surface area contributed by atoms with Crippen molar-refractivity contribution in [3.8, 4) is 0 Å². The van der Waals surface area contributed by atoms with Crippen molar-refractivity contribution >= 4 is 45.0 Å². The summed E-state index contributed by atoms with van der Waals surface area (Å²) in [5.74, 6) is -0.498. The Morgan fingerprint density at radius 3 is 2.48 bits per heavy atom. The number of amides is 1. The van der Waals surface area contributed by atoms with Gasteiger partial charge in [-0.1, -0.05) is 36.6 Å². The molecule has 0 aromatic heterocycles. The van der Waals surface area contributed by atoms with E-state index < -0.39 is 20.9 Å². The molecule has 10 heteroatoms. The highest BCUT2D eigenvalue weighted by Crippen LogP contribution is 2.26. The lowest BCUT2D eigenvalue weighted by Gasteiger charge is -2.20. The van der Waals surface area contributed by atoms with E-state index in [1.165, 1.54) is 40.7 Å². The Balaban J connectivity index is 1.72. The molecular formula is C21H22ClN3O5S. The number of anilines is 1. The fourth-order valence-corrected chi connectivity index (χ4v) is 5.04. The molecule has 8 nitrogen and oxygen atoms in total. The topological polar surface area (TPSA) is 110 Å². The predicted octanol–water partition coefficient (Wildman–Crippen LogP) is 4.46. The van der Waals surface area contributed by atoms with Crippen molar-refractivity contribution in [1.29, 1.82) is 0 Å². The van der Waals surface area contributed by atoms with Crippen molar-refractivity contribution in [1.82, 2.24) is 4.31 Å². The molecule has 164 valence electrons. The van der Waals surface area contributed by atoms with Gasteiger partial charge in [-0.3, -0.25) is 14.9 Å². The molecule has 1 aliphatic heterocycles. The number of nitro benzene ring substituents is 1. The standard InChI is InChI=1S/C21H22ClN3O5S/c22-19-10-8-16(14-20(19)25(27)28)9-11-21(26)23-17-6-5-7-18(15-17)31(29,30)24-12-3-1-2-4-13-24/h5-11,14-15H,1-4,12-13H2,(H,23,26)/b11-9+. The molecule has 1 N–H and O–H groups in total. The molecule has 1 fully saturated rings. The van der Waals surface area contributed by atoms with Crippen LogP contribution in [-0.4, -0.2) is 36.6 Å². The summed E-state index contributed by atoms with van der Waals surface area (Å²) in [6.45, 7) is 0.990. The molecule has 0 aliphatic carbocycles. The van der Waals surface area contributed by atoms with Crippen LogP contribution in [0, 0.1) is 10.1 Å². The summed E-state index contributed by atoms with van der Waals surface area (Å²) in [6, 6.07) is 10.3. The highest BCUT2D eigenvalue weighted by molar-refractivity contribution is 7.89. The molecule has 0 saturated carbocycles. The number of sulfonamides is 1. The molecule has 0 radical (unpaired) electrons. The minimum absolute atomic E-state index is 0.00837. The Morgan fingerprint density at radius 1 is 1.10 bits per heavy atom. The van der Waals surface area contributed by atoms with E-state index in [0.717, 1.165) is 25.7 Å². The van der Waals surface area contributed by atoms with Crippen LogP contribution in [-0.2, 0) is 14.8 Å². The van der Waals surface area contributed by atoms with Crippen molar-refractivity contribution in [2.24, 2.45) is 0 Å². The summed E-state index contributed by atoms with van der Waals surface area (Å²) in [5.41, 5.74) is 0.520. The van der Waals surface area contributed by atoms with Crippen LogP contribution in [0.3, 0.4) is 0 Å². The third-order valence-corrected chi connectivity index (χ3v) is 7.11. The second kappa shape index (κ2) is 10.0. The molecule has 2 aromatic rings. The van der Waals surface area contributed by atoms with Gasteiger partial charge in [-0.15, -0.1) is 0 Å². The maximum Gasteiger partial charge on any atom is 0.288 e. The molecular weight excluding hydrogens is 442 g/mol. The Hall–Kier alpha value is -2.75. The van der Waals surface area contributed by atoms with Gasteiger partial charge in [0.05, 0.1) is 9.82 Å². The van der Waals surface area contributed by atoms with Gasteiger partial charge in [-0.05, 0) is 48.7 Å². The first kappa shape index (κ1) is 22.9. The zero-order valence-corrected chi connectivity index (χ0v) is 18.2. The first-order chi connectivity index (χ1) is 14.8. The van der Waals surface area contributed by atoms with E-state index in [1.807, 2.05) is 0 Å². The van der Waals surface area contributed by atoms with Gasteiger partial charge >= 0.3 is 0 Å². The van der Waals surface area contributed by atoms with Crippen LogP contribution >= 0.6 is 11.6 Å². The molecule has 1 aliphatic rings. The van der Waals surface area contributed by atoms with Crippen LogP contribution in [0.2, 0.25) is 5.02 Å². The number of hydrogen-bond acceptors (Lipinski definition) is 5. The van der Waals surface area contributed by atoms with Crippen LogP contribution in [0.4, 0.5) is 11.4 Å². The highest BCUT2D eigenvalue weighted by Gasteiger charge is 2.25. The SMILES string of the molecule is O=C(/C=C/c1ccc(Cl)c([N+](=O)[O-])c1)Nc1cccc(S(=O)(=O)N2CCCCCC2)c1. The van der Waals surface area contributed by atoms with Gasteiger partial charge in [0.15, 0.2) is 0 Å². The van der Waals surface area contributed by atoms with E-state index in [4.69, 9.17) is 11.6 Å². The molecule has 1 saturated heterocycles. The monoisotopic (exact) mass is 463 g/mol. The molecule has 0 spiro atoms. The van der Waals surface area contributed by atoms with Crippen molar-refractivity contribution in [3.05, 3.63) is 69.2 Å². The molecule has 0 unspecified atom stereocenters. The minimum Gasteiger partial charge on any atom is -0.322 e. The van der Waals surface area contributed by atoms with E-state index in [2.05, 4.69) is 5.32 Å². The molecule has 1 heterocycles. The van der Waals surface area contributed by atoms with Crippen LogP contribution < -0.4 is 5.32 Å². The summed E-state index contributed by atoms with van der Waals surface area (Å²) >= 11 is 5.78. The number of benzene rings is 2. The van der Waals surface area contributed by atoms with Gasteiger partial charge in [-0.25, -0.2) is 8.42 Å². The lowest BCUT2D eigenvalue weighted by Crippen LogP contribution is -2.32.